The van der Waals surface area contributed by atoms with Crippen LogP contribution in [0.2, 0.25) is 5.02 Å². The van der Waals surface area contributed by atoms with Gasteiger partial charge in [0.15, 0.2) is 0 Å². The van der Waals surface area contributed by atoms with Crippen molar-refractivity contribution < 1.29 is 23.9 Å². The summed E-state index contributed by atoms with van der Waals surface area (Å²) in [5.74, 6) is -3.16. The summed E-state index contributed by atoms with van der Waals surface area (Å²) < 4.78 is 7.19. The minimum Gasteiger partial charge on any atom is -0.462 e. The number of imide groups is 1. The van der Waals surface area contributed by atoms with Crippen molar-refractivity contribution in [2.45, 2.75) is 29.7 Å². The van der Waals surface area contributed by atoms with Gasteiger partial charge in [-0.25, -0.2) is 9.69 Å². The van der Waals surface area contributed by atoms with Gasteiger partial charge in [-0.3, -0.25) is 23.7 Å². The third-order valence-electron chi connectivity index (χ3n) is 7.32. The highest BCUT2D eigenvalue weighted by Gasteiger charge is 2.56. The smallest absolute Gasteiger partial charge is 0.338 e. The molecule has 1 fully saturated rings. The maximum atomic E-state index is 14.1. The van der Waals surface area contributed by atoms with Gasteiger partial charge in [-0.05, 0) is 73.2 Å². The lowest BCUT2D eigenvalue weighted by Crippen LogP contribution is -2.33. The molecule has 0 saturated carbocycles. The molecule has 3 amide bonds. The predicted octanol–water partition coefficient (Wildman–Crippen LogP) is 5.94. The number of hydrogen-bond acceptors (Lipinski definition) is 8. The van der Waals surface area contributed by atoms with E-state index in [9.17, 15) is 24.0 Å². The Bertz CT molecular complexity index is 1860. The van der Waals surface area contributed by atoms with E-state index >= 15 is 0 Å². The Morgan fingerprint density at radius 1 is 1.00 bits per heavy atom. The first kappa shape index (κ1) is 30.3. The second kappa shape index (κ2) is 12.4. The fourth-order valence-corrected chi connectivity index (χ4v) is 8.72. The van der Waals surface area contributed by atoms with Crippen LogP contribution < -0.4 is 15.1 Å². The van der Waals surface area contributed by atoms with Crippen LogP contribution in [-0.2, 0) is 25.7 Å². The normalized spacial score (nSPS) is 19.0. The van der Waals surface area contributed by atoms with Gasteiger partial charge in [0.05, 0.1) is 28.8 Å². The highest BCUT2D eigenvalue weighted by atomic mass is 79.9. The number of rotatable bonds is 7. The molecule has 9 nitrogen and oxygen atoms in total. The number of carbonyl (C=O) groups is 4. The van der Waals surface area contributed by atoms with E-state index in [4.69, 9.17) is 16.3 Å². The molecule has 3 heterocycles. The molecule has 6 rings (SSSR count). The van der Waals surface area contributed by atoms with Crippen molar-refractivity contribution in [1.29, 1.82) is 0 Å². The minimum atomic E-state index is -0.844. The molecular weight excluding hydrogens is 690 g/mol. The summed E-state index contributed by atoms with van der Waals surface area (Å²) in [6, 6.07) is 20.2. The predicted molar refractivity (Wildman–Crippen MR) is 173 cm³/mol. The van der Waals surface area contributed by atoms with Crippen LogP contribution in [0.15, 0.2) is 87.1 Å². The van der Waals surface area contributed by atoms with E-state index in [2.05, 4.69) is 21.2 Å². The molecule has 2 aliphatic heterocycles. The fourth-order valence-electron chi connectivity index (χ4n) is 5.41. The van der Waals surface area contributed by atoms with Gasteiger partial charge in [0.2, 0.25) is 17.7 Å². The number of ether oxygens (including phenoxy) is 1. The van der Waals surface area contributed by atoms with Gasteiger partial charge in [0, 0.05) is 26.0 Å². The summed E-state index contributed by atoms with van der Waals surface area (Å²) in [4.78, 5) is 67.9. The summed E-state index contributed by atoms with van der Waals surface area (Å²) in [6.45, 7) is 1.66. The van der Waals surface area contributed by atoms with Crippen molar-refractivity contribution in [3.63, 3.8) is 0 Å². The highest BCUT2D eigenvalue weighted by molar-refractivity contribution is 9.10. The Morgan fingerprint density at radius 2 is 1.73 bits per heavy atom. The van der Waals surface area contributed by atoms with Crippen LogP contribution in [0.25, 0.3) is 0 Å². The van der Waals surface area contributed by atoms with Gasteiger partial charge in [0.25, 0.3) is 0 Å². The number of anilines is 2. The first-order valence-corrected chi connectivity index (χ1v) is 16.4. The Balaban J connectivity index is 1.37. The minimum absolute atomic E-state index is 0.221. The van der Waals surface area contributed by atoms with Crippen LogP contribution >= 0.6 is 50.6 Å². The summed E-state index contributed by atoms with van der Waals surface area (Å²) in [6.07, 6.45) is 0. The second-order valence-electron chi connectivity index (χ2n) is 10.1. The van der Waals surface area contributed by atoms with Gasteiger partial charge >= 0.3 is 10.8 Å². The second-order valence-corrected chi connectivity index (χ2v) is 13.5. The number of fused-ring (bicyclic) bond motifs is 2. The van der Waals surface area contributed by atoms with E-state index in [1.165, 1.54) is 16.7 Å². The standard InChI is InChI=1S/C31H23BrClN3O6S2/c1-2-42-30(40)16-6-12-21(13-7-16)36-27(38)24-23(17-4-3-5-18(32)14-17)26-29(43-25(24)28(36)39)35(31(41)44-26)15-22(37)34-20-10-8-19(33)9-11-20/h3-14,23-25H,2,15H2,1H3,(H,34,37). The Labute approximate surface area is 273 Å². The first-order chi connectivity index (χ1) is 21.2. The average Bonchev–Trinajstić information content (AvgIpc) is 3.44. The van der Waals surface area contributed by atoms with Crippen LogP contribution in [0.4, 0.5) is 11.4 Å². The monoisotopic (exact) mass is 711 g/mol. The lowest BCUT2D eigenvalue weighted by Gasteiger charge is -2.30. The van der Waals surface area contributed by atoms with Crippen molar-refractivity contribution >= 4 is 85.7 Å². The number of benzene rings is 3. The first-order valence-electron chi connectivity index (χ1n) is 13.5. The molecule has 1 N–H and O–H groups in total. The number of halogens is 2. The number of nitrogens with one attached hydrogen (secondary N) is 1. The summed E-state index contributed by atoms with van der Waals surface area (Å²) in [5.41, 5.74) is 1.92. The Morgan fingerprint density at radius 3 is 2.41 bits per heavy atom. The number of hydrogen-bond donors (Lipinski definition) is 1. The molecule has 0 radical (unpaired) electrons. The summed E-state index contributed by atoms with van der Waals surface area (Å²) in [7, 11) is 0. The molecule has 1 saturated heterocycles. The summed E-state index contributed by atoms with van der Waals surface area (Å²) in [5, 5.41) is 2.94. The molecule has 3 aromatic carbocycles. The molecule has 13 heteroatoms. The average molecular weight is 713 g/mol. The van der Waals surface area contributed by atoms with Crippen molar-refractivity contribution in [2.24, 2.45) is 5.92 Å². The Hall–Kier alpha value is -3.71. The number of thioether (sulfide) groups is 1. The van der Waals surface area contributed by atoms with Crippen LogP contribution in [0, 0.1) is 5.92 Å². The van der Waals surface area contributed by atoms with Gasteiger partial charge < -0.3 is 10.1 Å². The van der Waals surface area contributed by atoms with Gasteiger partial charge in [-0.15, -0.1) is 0 Å². The number of esters is 1. The SMILES string of the molecule is CCOC(=O)c1ccc(N2C(=O)C3Sc4c(sc(=O)n4CC(=O)Nc4ccc(Cl)cc4)C(c4cccc(Br)c4)C3C2=O)cc1. The third-order valence-corrected chi connectivity index (χ3v) is 10.7. The largest absolute Gasteiger partial charge is 0.462 e. The van der Waals surface area contributed by atoms with E-state index in [-0.39, 0.29) is 18.0 Å². The lowest BCUT2D eigenvalue weighted by atomic mass is 9.83. The zero-order valence-corrected chi connectivity index (χ0v) is 27.0. The van der Waals surface area contributed by atoms with Crippen molar-refractivity contribution in [2.75, 3.05) is 16.8 Å². The van der Waals surface area contributed by atoms with Crippen LogP contribution in [0.3, 0.4) is 0 Å². The van der Waals surface area contributed by atoms with E-state index in [1.54, 1.807) is 43.3 Å². The molecule has 44 heavy (non-hydrogen) atoms. The molecular formula is C31H23BrClN3O6S2. The molecule has 3 atom stereocenters. The highest BCUT2D eigenvalue weighted by Crippen LogP contribution is 2.54. The van der Waals surface area contributed by atoms with Gasteiger partial charge in [0.1, 0.15) is 11.8 Å². The van der Waals surface area contributed by atoms with Gasteiger partial charge in [-0.2, -0.15) is 0 Å². The van der Waals surface area contributed by atoms with Crippen molar-refractivity contribution in [3.8, 4) is 0 Å². The zero-order valence-electron chi connectivity index (χ0n) is 23.0. The van der Waals surface area contributed by atoms with Crippen LogP contribution in [-0.4, -0.2) is 40.1 Å². The number of thiazole rings is 1. The molecule has 2 aliphatic rings. The lowest BCUT2D eigenvalue weighted by molar-refractivity contribution is -0.122. The maximum absolute atomic E-state index is 14.1. The number of nitrogens with zero attached hydrogens (tertiary/aromatic N) is 2. The molecule has 0 bridgehead atoms. The van der Waals surface area contributed by atoms with Crippen LogP contribution in [0.5, 0.6) is 0 Å². The van der Waals surface area contributed by atoms with Gasteiger partial charge in [-0.1, -0.05) is 62.8 Å². The van der Waals surface area contributed by atoms with Crippen LogP contribution in [0.1, 0.15) is 33.6 Å². The maximum Gasteiger partial charge on any atom is 0.338 e. The molecule has 4 aromatic rings. The molecule has 0 spiro atoms. The number of aromatic nitrogens is 1. The van der Waals surface area contributed by atoms with Crippen molar-refractivity contribution in [3.05, 3.63) is 108 Å². The molecule has 3 unspecified atom stereocenters. The third kappa shape index (κ3) is 5.63. The summed E-state index contributed by atoms with van der Waals surface area (Å²) >= 11 is 11.6. The van der Waals surface area contributed by atoms with E-state index in [0.29, 0.717) is 31.9 Å². The van der Waals surface area contributed by atoms with E-state index < -0.39 is 40.8 Å². The quantitative estimate of drug-likeness (QED) is 0.187. The van der Waals surface area contributed by atoms with Crippen molar-refractivity contribution in [1.82, 2.24) is 4.57 Å². The zero-order chi connectivity index (χ0) is 31.1. The topological polar surface area (TPSA) is 115 Å². The molecule has 1 aromatic heterocycles. The fraction of sp³-hybridized carbons (Fsp3) is 0.194. The van der Waals surface area contributed by atoms with E-state index in [0.717, 1.165) is 38.0 Å². The molecule has 0 aliphatic carbocycles. The Kier molecular flexibility index (Phi) is 8.51. The number of amides is 3. The number of carbonyl (C=O) groups excluding carboxylic acids is 4. The van der Waals surface area contributed by atoms with E-state index in [1.807, 2.05) is 24.3 Å². The molecule has 224 valence electrons.